The summed E-state index contributed by atoms with van der Waals surface area (Å²) in [5.74, 6) is 0.0985. The molecule has 26 heteroatoms. The highest BCUT2D eigenvalue weighted by Gasteiger charge is 2.17. The summed E-state index contributed by atoms with van der Waals surface area (Å²) in [6.07, 6.45) is 11.4. The maximum atomic E-state index is 11.0. The number of hydrogen-bond donors (Lipinski definition) is 6. The molecule has 0 bridgehead atoms. The van der Waals surface area contributed by atoms with E-state index in [1.807, 2.05) is 60.7 Å². The van der Waals surface area contributed by atoms with Gasteiger partial charge in [0.15, 0.2) is 11.3 Å². The van der Waals surface area contributed by atoms with Gasteiger partial charge in [-0.3, -0.25) is 20.1 Å². The van der Waals surface area contributed by atoms with Gasteiger partial charge < -0.3 is 30.3 Å². The molecule has 360 valence electrons. The van der Waals surface area contributed by atoms with E-state index in [1.165, 1.54) is 24.5 Å². The third-order valence-corrected chi connectivity index (χ3v) is 11.0. The number of benzene rings is 3. The Hall–Kier alpha value is -9.62. The minimum atomic E-state index is -1.38. The van der Waals surface area contributed by atoms with Gasteiger partial charge in [0.1, 0.15) is 21.3 Å². The van der Waals surface area contributed by atoms with Gasteiger partial charge in [-0.25, -0.2) is 29.9 Å². The number of aromatic amines is 3. The van der Waals surface area contributed by atoms with Gasteiger partial charge in [-0.2, -0.15) is 9.36 Å². The Balaban J connectivity index is 0.000000124. The number of halogens is 2. The van der Waals surface area contributed by atoms with Crippen molar-refractivity contribution < 1.29 is 15.0 Å². The van der Waals surface area contributed by atoms with Gasteiger partial charge in [-0.1, -0.05) is 41.1 Å². The Labute approximate surface area is 421 Å². The summed E-state index contributed by atoms with van der Waals surface area (Å²) in [5, 5.41) is 48.2. The van der Waals surface area contributed by atoms with Gasteiger partial charge in [-0.05, 0) is 115 Å². The number of nitrogens with one attached hydrogen (secondary N) is 4. The molecule has 10 aromatic heterocycles. The summed E-state index contributed by atoms with van der Waals surface area (Å²) < 4.78 is 3.39. The molecule has 0 saturated carbocycles. The van der Waals surface area contributed by atoms with Crippen LogP contribution in [0.2, 0.25) is 10.3 Å². The molecule has 3 aromatic carbocycles. The summed E-state index contributed by atoms with van der Waals surface area (Å²) in [6.45, 7) is 0. The molecule has 0 spiro atoms. The Kier molecular flexibility index (Phi) is 14.3. The maximum absolute atomic E-state index is 11.0. The molecular formula is C47H36BCl2N19O4. The Morgan fingerprint density at radius 2 is 1.07 bits per heavy atom. The standard InChI is InChI=1S/C17H11N7.C12H7ClN6.C12H8ClN5O2.C5H6BNO2.CH4/c1-2-14-16(20-10-19-14)9-12(1)24-17-15(22-23-24)4-3-13(21-17)11-5-7-18-8-6-11;13-11-4-3-9-12(16-11)19(18-17-9)7-1-2-8-10(5-7)15-6-14-8;13-11-4-3-10(18(19)20)12(17-11)16-7-1-2-8-9(5-7)15-6-14-8;8-6(9)5-1-3-7-4-2-5;/h1-10H,(H,19,20);1-6H,(H,14,15);1-6H,(H,14,15)(H,16,17);1-4,8-9H;1H4. The Morgan fingerprint density at radius 1 is 0.575 bits per heavy atom. The third kappa shape index (κ3) is 10.9. The fraction of sp³-hybridized carbons (Fsp3) is 0.0213. The van der Waals surface area contributed by atoms with E-state index in [4.69, 9.17) is 38.2 Å². The van der Waals surface area contributed by atoms with Gasteiger partial charge in [0, 0.05) is 42.1 Å². The number of nitrogens with zero attached hydrogens (tertiary/aromatic N) is 15. The number of pyridine rings is 5. The van der Waals surface area contributed by atoms with E-state index in [0.29, 0.717) is 33.1 Å². The molecule has 0 unspecified atom stereocenters. The minimum absolute atomic E-state index is 0. The normalized spacial score (nSPS) is 10.7. The third-order valence-electron chi connectivity index (χ3n) is 10.6. The average molecular weight is 1010 g/mol. The SMILES string of the molecule is C.Clc1ccc2nnn(-c3ccc4nc[nH]c4c3)c2n1.O=[N+]([O-])c1ccc(Cl)nc1Nc1ccc2nc[nH]c2c1.OB(O)c1ccncc1.c1cc(-c2ccc3nnn(-c4ccc5nc[nH]c5c4)c3n2)ccn1. The first-order chi connectivity index (χ1) is 35.1. The number of fused-ring (bicyclic) bond motifs is 5. The molecule has 13 aromatic rings. The highest BCUT2D eigenvalue weighted by molar-refractivity contribution is 6.58. The van der Waals surface area contributed by atoms with E-state index in [2.05, 4.69) is 75.8 Å². The van der Waals surface area contributed by atoms with E-state index >= 15 is 0 Å². The first-order valence-electron chi connectivity index (χ1n) is 21.3. The van der Waals surface area contributed by atoms with Crippen LogP contribution in [-0.4, -0.2) is 107 Å². The summed E-state index contributed by atoms with van der Waals surface area (Å²) in [5.41, 5.74) is 12.7. The molecular weight excluding hydrogens is 976 g/mol. The Morgan fingerprint density at radius 3 is 1.63 bits per heavy atom. The van der Waals surface area contributed by atoms with E-state index in [-0.39, 0.29) is 24.1 Å². The van der Waals surface area contributed by atoms with Crippen LogP contribution in [0.5, 0.6) is 0 Å². The minimum Gasteiger partial charge on any atom is -0.423 e. The van der Waals surface area contributed by atoms with E-state index in [9.17, 15) is 10.1 Å². The summed E-state index contributed by atoms with van der Waals surface area (Å²) in [6, 6.07) is 34.0. The fourth-order valence-electron chi connectivity index (χ4n) is 7.09. The molecule has 13 rings (SSSR count). The number of imidazole rings is 3. The van der Waals surface area contributed by atoms with Crippen LogP contribution in [0, 0.1) is 10.1 Å². The van der Waals surface area contributed by atoms with Crippen molar-refractivity contribution in [2.45, 2.75) is 7.43 Å². The number of nitro groups is 1. The fourth-order valence-corrected chi connectivity index (χ4v) is 7.38. The van der Waals surface area contributed by atoms with Crippen molar-refractivity contribution in [3.63, 3.8) is 0 Å². The predicted molar refractivity (Wildman–Crippen MR) is 277 cm³/mol. The van der Waals surface area contributed by atoms with E-state index in [0.717, 1.165) is 61.2 Å². The second-order valence-corrected chi connectivity index (χ2v) is 15.9. The smallest absolute Gasteiger partial charge is 0.423 e. The lowest BCUT2D eigenvalue weighted by Gasteiger charge is -2.06. The second-order valence-electron chi connectivity index (χ2n) is 15.1. The lowest BCUT2D eigenvalue weighted by atomic mass is 9.81. The summed E-state index contributed by atoms with van der Waals surface area (Å²) in [7, 11) is -1.38. The molecule has 23 nitrogen and oxygen atoms in total. The second kappa shape index (κ2) is 21.6. The number of hydrogen-bond acceptors (Lipinski definition) is 17. The topological polar surface area (TPSA) is 308 Å². The zero-order chi connectivity index (χ0) is 49.6. The zero-order valence-electron chi connectivity index (χ0n) is 36.8. The molecule has 0 amide bonds. The van der Waals surface area contributed by atoms with Crippen molar-refractivity contribution in [2.75, 3.05) is 5.32 Å². The monoisotopic (exact) mass is 1010 g/mol. The molecule has 0 aliphatic rings. The van der Waals surface area contributed by atoms with Crippen LogP contribution in [0.1, 0.15) is 7.43 Å². The summed E-state index contributed by atoms with van der Waals surface area (Å²) in [4.78, 5) is 52.8. The van der Waals surface area contributed by atoms with Crippen molar-refractivity contribution in [2.24, 2.45) is 0 Å². The number of rotatable bonds is 7. The average Bonchev–Trinajstić information content (AvgIpc) is 4.28. The van der Waals surface area contributed by atoms with E-state index in [1.54, 1.807) is 83.2 Å². The van der Waals surface area contributed by atoms with Gasteiger partial charge >= 0.3 is 12.8 Å². The van der Waals surface area contributed by atoms with Crippen LogP contribution in [0.15, 0.2) is 159 Å². The van der Waals surface area contributed by atoms with Crippen molar-refractivity contribution >= 4 is 108 Å². The Bertz CT molecular complexity index is 4000. The van der Waals surface area contributed by atoms with Crippen LogP contribution in [0.25, 0.3) is 78.1 Å². The highest BCUT2D eigenvalue weighted by atomic mass is 35.5. The largest absolute Gasteiger partial charge is 0.488 e. The lowest BCUT2D eigenvalue weighted by Crippen LogP contribution is -2.29. The highest BCUT2D eigenvalue weighted by Crippen LogP contribution is 2.29. The van der Waals surface area contributed by atoms with Crippen LogP contribution < -0.4 is 10.8 Å². The van der Waals surface area contributed by atoms with Crippen LogP contribution in [0.4, 0.5) is 17.2 Å². The van der Waals surface area contributed by atoms with Crippen LogP contribution in [-0.2, 0) is 0 Å². The predicted octanol–water partition coefficient (Wildman–Crippen LogP) is 7.76. The molecule has 0 aliphatic heterocycles. The molecule has 6 N–H and O–H groups in total. The molecule has 0 aliphatic carbocycles. The van der Waals surface area contributed by atoms with Crippen molar-refractivity contribution in [3.05, 3.63) is 179 Å². The molecule has 0 saturated heterocycles. The van der Waals surface area contributed by atoms with Gasteiger partial charge in [0.2, 0.25) is 5.82 Å². The lowest BCUT2D eigenvalue weighted by molar-refractivity contribution is -0.384. The molecule has 0 atom stereocenters. The first-order valence-corrected chi connectivity index (χ1v) is 22.0. The van der Waals surface area contributed by atoms with Gasteiger partial charge in [-0.15, -0.1) is 10.2 Å². The first kappa shape index (κ1) is 48.4. The zero-order valence-corrected chi connectivity index (χ0v) is 38.3. The van der Waals surface area contributed by atoms with Gasteiger partial charge in [0.05, 0.1) is 74.1 Å². The van der Waals surface area contributed by atoms with E-state index < -0.39 is 12.0 Å². The molecule has 10 heterocycles. The maximum Gasteiger partial charge on any atom is 0.488 e. The number of aromatic nitrogens is 17. The molecule has 0 radical (unpaired) electrons. The summed E-state index contributed by atoms with van der Waals surface area (Å²) >= 11 is 11.7. The number of H-pyrrole nitrogens is 3. The molecule has 73 heavy (non-hydrogen) atoms. The van der Waals surface area contributed by atoms with Crippen molar-refractivity contribution in [3.8, 4) is 22.6 Å². The van der Waals surface area contributed by atoms with Crippen molar-refractivity contribution in [1.29, 1.82) is 0 Å². The van der Waals surface area contributed by atoms with Crippen LogP contribution >= 0.6 is 23.2 Å². The van der Waals surface area contributed by atoms with Crippen molar-refractivity contribution in [1.82, 2.24) is 84.8 Å². The molecule has 0 fully saturated rings. The number of anilines is 2. The quantitative estimate of drug-likeness (QED) is 0.0384. The van der Waals surface area contributed by atoms with Crippen LogP contribution in [0.3, 0.4) is 0 Å². The van der Waals surface area contributed by atoms with Gasteiger partial charge in [0.25, 0.3) is 0 Å².